The molecule has 1 amide bonds. The lowest BCUT2D eigenvalue weighted by atomic mass is 10.2. The van der Waals surface area contributed by atoms with Crippen LogP contribution in [0.1, 0.15) is 18.9 Å². The van der Waals surface area contributed by atoms with Crippen molar-refractivity contribution in [1.29, 1.82) is 0 Å². The summed E-state index contributed by atoms with van der Waals surface area (Å²) < 4.78 is 5.16. The molecule has 1 aromatic carbocycles. The lowest BCUT2D eigenvalue weighted by Gasteiger charge is -2.11. The average Bonchev–Trinajstić information content (AvgIpc) is 2.20. The van der Waals surface area contributed by atoms with Crippen LogP contribution >= 0.6 is 0 Å². The summed E-state index contributed by atoms with van der Waals surface area (Å²) in [5.41, 5.74) is 1.77. The Kier molecular flexibility index (Phi) is 3.51. The Labute approximate surface area is 84.1 Å². The molecule has 0 saturated carbocycles. The zero-order chi connectivity index (χ0) is 10.6. The molecule has 0 saturated heterocycles. The van der Waals surface area contributed by atoms with Crippen LogP contribution < -0.4 is 10.1 Å². The molecule has 0 bridgehead atoms. The summed E-state index contributed by atoms with van der Waals surface area (Å²) in [5.74, 6) is 0.699. The van der Waals surface area contributed by atoms with Crippen LogP contribution in [0.3, 0.4) is 0 Å². The molecule has 14 heavy (non-hydrogen) atoms. The third-order valence-electron chi connectivity index (χ3n) is 2.04. The van der Waals surface area contributed by atoms with Gasteiger partial charge in [0.05, 0.1) is 12.8 Å². The predicted molar refractivity (Wildman–Crippen MR) is 56.7 cm³/mol. The topological polar surface area (TPSA) is 38.3 Å². The Morgan fingerprint density at radius 1 is 1.50 bits per heavy atom. The first-order valence-corrected chi connectivity index (χ1v) is 4.62. The van der Waals surface area contributed by atoms with E-state index in [9.17, 15) is 4.79 Å². The van der Waals surface area contributed by atoms with Crippen molar-refractivity contribution in [3.05, 3.63) is 23.8 Å². The molecule has 0 unspecified atom stereocenters. The minimum atomic E-state index is -0.00222. The molecule has 0 heterocycles. The van der Waals surface area contributed by atoms with E-state index in [4.69, 9.17) is 4.74 Å². The van der Waals surface area contributed by atoms with E-state index in [1.54, 1.807) is 7.11 Å². The summed E-state index contributed by atoms with van der Waals surface area (Å²) in [6, 6.07) is 5.67. The van der Waals surface area contributed by atoms with Gasteiger partial charge in [0.15, 0.2) is 0 Å². The monoisotopic (exact) mass is 193 g/mol. The second-order valence-corrected chi connectivity index (χ2v) is 3.05. The quantitative estimate of drug-likeness (QED) is 0.800. The number of para-hydroxylation sites is 1. The highest BCUT2D eigenvalue weighted by Crippen LogP contribution is 2.27. The van der Waals surface area contributed by atoms with Gasteiger partial charge in [-0.1, -0.05) is 19.1 Å². The van der Waals surface area contributed by atoms with Gasteiger partial charge < -0.3 is 10.1 Å². The van der Waals surface area contributed by atoms with Gasteiger partial charge in [-0.3, -0.25) is 4.79 Å². The minimum absolute atomic E-state index is 0.00222. The van der Waals surface area contributed by atoms with Crippen LogP contribution in [0.15, 0.2) is 18.2 Å². The molecule has 0 fully saturated rings. The van der Waals surface area contributed by atoms with Gasteiger partial charge in [0.1, 0.15) is 5.75 Å². The first kappa shape index (κ1) is 10.6. The smallest absolute Gasteiger partial charge is 0.224 e. The highest BCUT2D eigenvalue weighted by Gasteiger charge is 2.07. The number of carbonyl (C=O) groups is 1. The van der Waals surface area contributed by atoms with E-state index in [0.717, 1.165) is 11.3 Å². The van der Waals surface area contributed by atoms with E-state index in [-0.39, 0.29) is 5.91 Å². The third-order valence-corrected chi connectivity index (χ3v) is 2.04. The summed E-state index contributed by atoms with van der Waals surface area (Å²) in [7, 11) is 1.59. The molecular weight excluding hydrogens is 178 g/mol. The first-order chi connectivity index (χ1) is 6.69. The number of methoxy groups -OCH3 is 1. The lowest BCUT2D eigenvalue weighted by Crippen LogP contribution is -2.11. The van der Waals surface area contributed by atoms with Crippen LogP contribution in [0.4, 0.5) is 5.69 Å². The molecule has 0 spiro atoms. The maximum Gasteiger partial charge on any atom is 0.224 e. The Hall–Kier alpha value is -1.51. The number of benzene rings is 1. The number of aryl methyl sites for hydroxylation is 1. The summed E-state index contributed by atoms with van der Waals surface area (Å²) in [4.78, 5) is 11.2. The van der Waals surface area contributed by atoms with E-state index in [1.807, 2.05) is 32.0 Å². The van der Waals surface area contributed by atoms with Crippen molar-refractivity contribution in [2.24, 2.45) is 0 Å². The Bertz CT molecular complexity index is 334. The molecule has 0 radical (unpaired) electrons. The zero-order valence-electron chi connectivity index (χ0n) is 8.76. The van der Waals surface area contributed by atoms with Crippen LogP contribution in [0.25, 0.3) is 0 Å². The largest absolute Gasteiger partial charge is 0.495 e. The summed E-state index contributed by atoms with van der Waals surface area (Å²) in [6.07, 6.45) is 0.470. The van der Waals surface area contributed by atoms with E-state index < -0.39 is 0 Å². The number of carbonyl (C=O) groups excluding carboxylic acids is 1. The fourth-order valence-corrected chi connectivity index (χ4v) is 1.20. The SMILES string of the molecule is CCC(=O)Nc1c(C)cccc1OC. The van der Waals surface area contributed by atoms with E-state index in [1.165, 1.54) is 0 Å². The van der Waals surface area contributed by atoms with Crippen molar-refractivity contribution < 1.29 is 9.53 Å². The molecule has 3 nitrogen and oxygen atoms in total. The van der Waals surface area contributed by atoms with Gasteiger partial charge in [-0.05, 0) is 18.6 Å². The van der Waals surface area contributed by atoms with Crippen molar-refractivity contribution in [2.75, 3.05) is 12.4 Å². The van der Waals surface area contributed by atoms with Crippen molar-refractivity contribution >= 4 is 11.6 Å². The second kappa shape index (κ2) is 4.65. The molecule has 0 aliphatic rings. The lowest BCUT2D eigenvalue weighted by molar-refractivity contribution is -0.115. The van der Waals surface area contributed by atoms with E-state index >= 15 is 0 Å². The Morgan fingerprint density at radius 3 is 2.79 bits per heavy atom. The average molecular weight is 193 g/mol. The number of amides is 1. The Morgan fingerprint density at radius 2 is 2.21 bits per heavy atom. The number of hydrogen-bond acceptors (Lipinski definition) is 2. The molecule has 1 N–H and O–H groups in total. The van der Waals surface area contributed by atoms with Gasteiger partial charge in [0, 0.05) is 6.42 Å². The van der Waals surface area contributed by atoms with Crippen LogP contribution in [0.2, 0.25) is 0 Å². The zero-order valence-corrected chi connectivity index (χ0v) is 8.76. The molecule has 0 atom stereocenters. The standard InChI is InChI=1S/C11H15NO2/c1-4-10(13)12-11-8(2)6-5-7-9(11)14-3/h5-7H,4H2,1-3H3,(H,12,13). The van der Waals surface area contributed by atoms with Crippen LogP contribution in [0, 0.1) is 6.92 Å². The van der Waals surface area contributed by atoms with Crippen molar-refractivity contribution in [1.82, 2.24) is 0 Å². The van der Waals surface area contributed by atoms with Crippen LogP contribution in [0.5, 0.6) is 5.75 Å². The molecule has 0 aromatic heterocycles. The van der Waals surface area contributed by atoms with E-state index in [0.29, 0.717) is 12.2 Å². The van der Waals surface area contributed by atoms with Gasteiger partial charge in [0.25, 0.3) is 0 Å². The maximum absolute atomic E-state index is 11.2. The molecule has 76 valence electrons. The van der Waals surface area contributed by atoms with Gasteiger partial charge >= 0.3 is 0 Å². The fraction of sp³-hybridized carbons (Fsp3) is 0.364. The van der Waals surface area contributed by atoms with Gasteiger partial charge in [-0.2, -0.15) is 0 Å². The van der Waals surface area contributed by atoms with Gasteiger partial charge in [0.2, 0.25) is 5.91 Å². The number of rotatable bonds is 3. The molecule has 0 aliphatic heterocycles. The van der Waals surface area contributed by atoms with Crippen LogP contribution in [-0.4, -0.2) is 13.0 Å². The van der Waals surface area contributed by atoms with E-state index in [2.05, 4.69) is 5.32 Å². The first-order valence-electron chi connectivity index (χ1n) is 4.62. The molecule has 3 heteroatoms. The number of ether oxygens (including phenoxy) is 1. The Balaban J connectivity index is 2.98. The minimum Gasteiger partial charge on any atom is -0.495 e. The number of nitrogens with one attached hydrogen (secondary N) is 1. The van der Waals surface area contributed by atoms with Crippen molar-refractivity contribution in [2.45, 2.75) is 20.3 Å². The summed E-state index contributed by atoms with van der Waals surface area (Å²) in [6.45, 7) is 3.76. The van der Waals surface area contributed by atoms with Gasteiger partial charge in [-0.15, -0.1) is 0 Å². The molecule has 1 aromatic rings. The van der Waals surface area contributed by atoms with Crippen LogP contribution in [-0.2, 0) is 4.79 Å². The fourth-order valence-electron chi connectivity index (χ4n) is 1.20. The van der Waals surface area contributed by atoms with Crippen molar-refractivity contribution in [3.63, 3.8) is 0 Å². The highest BCUT2D eigenvalue weighted by molar-refractivity contribution is 5.92. The van der Waals surface area contributed by atoms with Gasteiger partial charge in [-0.25, -0.2) is 0 Å². The third kappa shape index (κ3) is 2.25. The summed E-state index contributed by atoms with van der Waals surface area (Å²) in [5, 5.41) is 2.82. The number of hydrogen-bond donors (Lipinski definition) is 1. The number of anilines is 1. The molecule has 0 aliphatic carbocycles. The van der Waals surface area contributed by atoms with Crippen molar-refractivity contribution in [3.8, 4) is 5.75 Å². The highest BCUT2D eigenvalue weighted by atomic mass is 16.5. The summed E-state index contributed by atoms with van der Waals surface area (Å²) >= 11 is 0. The normalized spacial score (nSPS) is 9.64. The predicted octanol–water partition coefficient (Wildman–Crippen LogP) is 2.35. The molecular formula is C11H15NO2. The maximum atomic E-state index is 11.2. The second-order valence-electron chi connectivity index (χ2n) is 3.05. The molecule has 1 rings (SSSR count).